The van der Waals surface area contributed by atoms with Gasteiger partial charge in [-0.15, -0.1) is 0 Å². The number of alkyl halides is 3. The van der Waals surface area contributed by atoms with E-state index >= 15 is 0 Å². The van der Waals surface area contributed by atoms with Crippen LogP contribution in [0.1, 0.15) is 22.5 Å². The smallest absolute Gasteiger partial charge is 0.326 e. The van der Waals surface area contributed by atoms with Gasteiger partial charge in [0.2, 0.25) is 0 Å². The topological polar surface area (TPSA) is 43.8 Å². The molecule has 0 aliphatic rings. The maximum Gasteiger partial charge on any atom is 0.433 e. The zero-order chi connectivity index (χ0) is 14.2. The molecular formula is C13H14F3N3. The summed E-state index contributed by atoms with van der Waals surface area (Å²) in [5.74, 6) is 0. The summed E-state index contributed by atoms with van der Waals surface area (Å²) in [5.41, 5.74) is 6.21. The fraction of sp³-hybridized carbons (Fsp3) is 0.308. The standard InChI is InChI=1S/C13H14F3N3/c1-8-4-3-5-10(6-8)19-12(13(14,15)16)11(7-17)9(2)18-19/h3-6H,7,17H2,1-2H3. The van der Waals surface area contributed by atoms with Gasteiger partial charge in [-0.25, -0.2) is 4.68 Å². The fourth-order valence-electron chi connectivity index (χ4n) is 2.04. The van der Waals surface area contributed by atoms with Crippen molar-refractivity contribution in [2.75, 3.05) is 0 Å². The van der Waals surface area contributed by atoms with E-state index in [-0.39, 0.29) is 12.1 Å². The Morgan fingerprint density at radius 1 is 1.26 bits per heavy atom. The van der Waals surface area contributed by atoms with Gasteiger partial charge in [-0.05, 0) is 31.5 Å². The van der Waals surface area contributed by atoms with Crippen molar-refractivity contribution in [3.05, 3.63) is 46.8 Å². The van der Waals surface area contributed by atoms with Crippen LogP contribution in [0.15, 0.2) is 24.3 Å². The molecule has 6 heteroatoms. The summed E-state index contributed by atoms with van der Waals surface area (Å²) >= 11 is 0. The van der Waals surface area contributed by atoms with Gasteiger partial charge in [0.1, 0.15) is 0 Å². The van der Waals surface area contributed by atoms with Crippen molar-refractivity contribution in [1.29, 1.82) is 0 Å². The van der Waals surface area contributed by atoms with E-state index in [1.807, 2.05) is 13.0 Å². The number of hydrogen-bond acceptors (Lipinski definition) is 2. The zero-order valence-electron chi connectivity index (χ0n) is 10.6. The van der Waals surface area contributed by atoms with E-state index in [1.165, 1.54) is 6.92 Å². The third kappa shape index (κ3) is 2.49. The van der Waals surface area contributed by atoms with Crippen molar-refractivity contribution in [3.63, 3.8) is 0 Å². The normalized spacial score (nSPS) is 11.9. The van der Waals surface area contributed by atoms with Crippen LogP contribution in [0.2, 0.25) is 0 Å². The first kappa shape index (κ1) is 13.6. The molecule has 102 valence electrons. The lowest BCUT2D eigenvalue weighted by molar-refractivity contribution is -0.143. The Morgan fingerprint density at radius 3 is 2.47 bits per heavy atom. The number of benzene rings is 1. The molecule has 0 aliphatic heterocycles. The molecule has 0 unspecified atom stereocenters. The Kier molecular flexibility index (Phi) is 3.36. The van der Waals surface area contributed by atoms with Gasteiger partial charge in [-0.1, -0.05) is 12.1 Å². The lowest BCUT2D eigenvalue weighted by Crippen LogP contribution is -2.16. The first-order chi connectivity index (χ1) is 8.84. The molecule has 0 bridgehead atoms. The molecule has 2 rings (SSSR count). The highest BCUT2D eigenvalue weighted by Crippen LogP contribution is 2.34. The van der Waals surface area contributed by atoms with Gasteiger partial charge in [0.05, 0.1) is 11.4 Å². The van der Waals surface area contributed by atoms with Crippen LogP contribution in [-0.4, -0.2) is 9.78 Å². The molecule has 0 aliphatic carbocycles. The van der Waals surface area contributed by atoms with Crippen LogP contribution in [0.3, 0.4) is 0 Å². The molecule has 0 spiro atoms. The second-order valence-corrected chi connectivity index (χ2v) is 4.37. The van der Waals surface area contributed by atoms with Gasteiger partial charge in [-0.2, -0.15) is 18.3 Å². The van der Waals surface area contributed by atoms with Crippen LogP contribution in [0.5, 0.6) is 0 Å². The molecule has 1 aromatic carbocycles. The molecule has 1 heterocycles. The first-order valence-corrected chi connectivity index (χ1v) is 5.77. The summed E-state index contributed by atoms with van der Waals surface area (Å²) in [4.78, 5) is 0. The highest BCUT2D eigenvalue weighted by molar-refractivity contribution is 5.40. The minimum atomic E-state index is -4.49. The number of rotatable bonds is 2. The molecule has 0 atom stereocenters. The third-order valence-electron chi connectivity index (χ3n) is 2.90. The Bertz CT molecular complexity index is 600. The monoisotopic (exact) mass is 269 g/mol. The molecule has 0 fully saturated rings. The minimum Gasteiger partial charge on any atom is -0.326 e. The largest absolute Gasteiger partial charge is 0.433 e. The van der Waals surface area contributed by atoms with Crippen molar-refractivity contribution in [2.45, 2.75) is 26.6 Å². The Labute approximate surface area is 108 Å². The number of nitrogens with two attached hydrogens (primary N) is 1. The van der Waals surface area contributed by atoms with Crippen molar-refractivity contribution in [1.82, 2.24) is 9.78 Å². The van der Waals surface area contributed by atoms with Crippen LogP contribution < -0.4 is 5.73 Å². The van der Waals surface area contributed by atoms with Crippen molar-refractivity contribution in [3.8, 4) is 5.69 Å². The second-order valence-electron chi connectivity index (χ2n) is 4.37. The summed E-state index contributed by atoms with van der Waals surface area (Å²) in [6.07, 6.45) is -4.49. The Morgan fingerprint density at radius 2 is 1.95 bits per heavy atom. The first-order valence-electron chi connectivity index (χ1n) is 5.77. The SMILES string of the molecule is Cc1cccc(-n2nc(C)c(CN)c2C(F)(F)F)c1. The predicted molar refractivity (Wildman–Crippen MR) is 65.9 cm³/mol. The zero-order valence-corrected chi connectivity index (χ0v) is 10.6. The summed E-state index contributed by atoms with van der Waals surface area (Å²) in [6, 6.07) is 6.76. The predicted octanol–water partition coefficient (Wildman–Crippen LogP) is 2.97. The van der Waals surface area contributed by atoms with Gasteiger partial charge in [0, 0.05) is 12.1 Å². The van der Waals surface area contributed by atoms with E-state index in [2.05, 4.69) is 5.10 Å². The number of nitrogens with zero attached hydrogens (tertiary/aromatic N) is 2. The summed E-state index contributed by atoms with van der Waals surface area (Å²) in [7, 11) is 0. The van der Waals surface area contributed by atoms with Gasteiger partial charge in [0.15, 0.2) is 5.69 Å². The van der Waals surface area contributed by atoms with E-state index in [1.54, 1.807) is 18.2 Å². The second kappa shape index (κ2) is 4.70. The molecule has 2 aromatic rings. The van der Waals surface area contributed by atoms with E-state index in [4.69, 9.17) is 5.73 Å². The highest BCUT2D eigenvalue weighted by atomic mass is 19.4. The molecule has 0 saturated heterocycles. The van der Waals surface area contributed by atoms with E-state index in [9.17, 15) is 13.2 Å². The van der Waals surface area contributed by atoms with Crippen LogP contribution in [0, 0.1) is 13.8 Å². The van der Waals surface area contributed by atoms with Gasteiger partial charge in [0.25, 0.3) is 0 Å². The summed E-state index contributed by atoms with van der Waals surface area (Å²) in [6.45, 7) is 3.16. The minimum absolute atomic E-state index is 0.0361. The Balaban J connectivity index is 2.71. The van der Waals surface area contributed by atoms with Gasteiger partial charge >= 0.3 is 6.18 Å². The number of aromatic nitrogens is 2. The number of aryl methyl sites for hydroxylation is 2. The van der Waals surface area contributed by atoms with E-state index in [0.717, 1.165) is 10.2 Å². The Hall–Kier alpha value is -1.82. The molecular weight excluding hydrogens is 255 g/mol. The van der Waals surface area contributed by atoms with Crippen LogP contribution in [0.4, 0.5) is 13.2 Å². The molecule has 3 nitrogen and oxygen atoms in total. The van der Waals surface area contributed by atoms with E-state index < -0.39 is 11.9 Å². The fourth-order valence-corrected chi connectivity index (χ4v) is 2.04. The average Bonchev–Trinajstić information content (AvgIpc) is 2.66. The van der Waals surface area contributed by atoms with Crippen molar-refractivity contribution >= 4 is 0 Å². The maximum atomic E-state index is 13.2. The van der Waals surface area contributed by atoms with Crippen LogP contribution in [-0.2, 0) is 12.7 Å². The van der Waals surface area contributed by atoms with Crippen molar-refractivity contribution in [2.24, 2.45) is 5.73 Å². The average molecular weight is 269 g/mol. The van der Waals surface area contributed by atoms with Crippen LogP contribution in [0.25, 0.3) is 5.69 Å². The quantitative estimate of drug-likeness (QED) is 0.910. The lowest BCUT2D eigenvalue weighted by Gasteiger charge is -2.12. The van der Waals surface area contributed by atoms with E-state index in [0.29, 0.717) is 11.4 Å². The molecule has 0 saturated carbocycles. The molecule has 2 N–H and O–H groups in total. The summed E-state index contributed by atoms with van der Waals surface area (Å²) in [5, 5.41) is 3.98. The van der Waals surface area contributed by atoms with Gasteiger partial charge in [-0.3, -0.25) is 0 Å². The molecule has 0 radical (unpaired) electrons. The van der Waals surface area contributed by atoms with Crippen LogP contribution >= 0.6 is 0 Å². The molecule has 0 amide bonds. The number of hydrogen-bond donors (Lipinski definition) is 1. The van der Waals surface area contributed by atoms with Crippen molar-refractivity contribution < 1.29 is 13.2 Å². The summed E-state index contributed by atoms with van der Waals surface area (Å²) < 4.78 is 40.5. The van der Waals surface area contributed by atoms with Gasteiger partial charge < -0.3 is 5.73 Å². The third-order valence-corrected chi connectivity index (χ3v) is 2.90. The number of halogens is 3. The lowest BCUT2D eigenvalue weighted by atomic mass is 10.1. The highest BCUT2D eigenvalue weighted by Gasteiger charge is 2.39. The molecule has 19 heavy (non-hydrogen) atoms. The maximum absolute atomic E-state index is 13.2. The molecule has 1 aromatic heterocycles.